The second-order valence-electron chi connectivity index (χ2n) is 6.37. The van der Waals surface area contributed by atoms with Crippen molar-refractivity contribution < 1.29 is 4.79 Å². The maximum absolute atomic E-state index is 12.6. The molecule has 0 bridgehead atoms. The first-order valence-corrected chi connectivity index (χ1v) is 7.66. The molecule has 0 aromatic carbocycles. The molecule has 0 radical (unpaired) electrons. The van der Waals surface area contributed by atoms with Crippen LogP contribution in [-0.2, 0) is 4.79 Å². The summed E-state index contributed by atoms with van der Waals surface area (Å²) in [6.45, 7) is 8.21. The third-order valence-corrected chi connectivity index (χ3v) is 4.72. The van der Waals surface area contributed by atoms with Gasteiger partial charge in [-0.3, -0.25) is 4.79 Å². The van der Waals surface area contributed by atoms with Crippen LogP contribution in [0.1, 0.15) is 52.4 Å². The van der Waals surface area contributed by atoms with Gasteiger partial charge < -0.3 is 10.2 Å². The summed E-state index contributed by atoms with van der Waals surface area (Å²) in [4.78, 5) is 14.8. The largest absolute Gasteiger partial charge is 0.342 e. The van der Waals surface area contributed by atoms with Gasteiger partial charge in [0.05, 0.1) is 5.41 Å². The lowest BCUT2D eigenvalue weighted by atomic mass is 9.88. The molecule has 1 N–H and O–H groups in total. The summed E-state index contributed by atoms with van der Waals surface area (Å²) in [5, 5.41) is 3.33. The van der Waals surface area contributed by atoms with E-state index >= 15 is 0 Å². The number of amides is 1. The average Bonchev–Trinajstić information content (AvgIpc) is 2.68. The van der Waals surface area contributed by atoms with E-state index < -0.39 is 0 Å². The highest BCUT2D eigenvalue weighted by molar-refractivity contribution is 5.83. The van der Waals surface area contributed by atoms with Crippen LogP contribution in [0.15, 0.2) is 0 Å². The minimum absolute atomic E-state index is 0.134. The van der Waals surface area contributed by atoms with Gasteiger partial charge in [-0.1, -0.05) is 19.8 Å². The molecule has 0 aliphatic carbocycles. The molecule has 0 aromatic rings. The second kappa shape index (κ2) is 6.05. The van der Waals surface area contributed by atoms with E-state index in [-0.39, 0.29) is 5.41 Å². The minimum Gasteiger partial charge on any atom is -0.342 e. The van der Waals surface area contributed by atoms with Gasteiger partial charge in [0.25, 0.3) is 0 Å². The van der Waals surface area contributed by atoms with Crippen LogP contribution in [0, 0.1) is 11.3 Å². The zero-order chi connectivity index (χ0) is 13.0. The van der Waals surface area contributed by atoms with Crippen LogP contribution < -0.4 is 5.32 Å². The molecule has 2 saturated heterocycles. The Kier molecular flexibility index (Phi) is 4.66. The summed E-state index contributed by atoms with van der Waals surface area (Å²) in [6, 6.07) is 0. The zero-order valence-corrected chi connectivity index (χ0v) is 12.0. The normalized spacial score (nSPS) is 33.4. The fraction of sp³-hybridized carbons (Fsp3) is 0.933. The maximum atomic E-state index is 12.6. The average molecular weight is 252 g/mol. The van der Waals surface area contributed by atoms with Gasteiger partial charge in [0.1, 0.15) is 0 Å². The first-order chi connectivity index (χ1) is 8.65. The fourth-order valence-corrected chi connectivity index (χ4v) is 3.45. The van der Waals surface area contributed by atoms with Crippen LogP contribution in [-0.4, -0.2) is 37.0 Å². The van der Waals surface area contributed by atoms with E-state index in [1.165, 1.54) is 32.1 Å². The van der Waals surface area contributed by atoms with Gasteiger partial charge in [-0.15, -0.1) is 0 Å². The summed E-state index contributed by atoms with van der Waals surface area (Å²) in [5.41, 5.74) is -0.134. The third kappa shape index (κ3) is 3.05. The molecule has 2 heterocycles. The summed E-state index contributed by atoms with van der Waals surface area (Å²) in [6.07, 6.45) is 7.33. The van der Waals surface area contributed by atoms with Crippen molar-refractivity contribution in [1.82, 2.24) is 10.2 Å². The van der Waals surface area contributed by atoms with Crippen LogP contribution in [0.5, 0.6) is 0 Å². The SMILES string of the molecule is CCCC1CCCN(C(=O)C2(C)CCNC2)CC1. The van der Waals surface area contributed by atoms with E-state index in [1.807, 2.05) is 0 Å². The first-order valence-electron chi connectivity index (χ1n) is 7.66. The van der Waals surface area contributed by atoms with Gasteiger partial charge in [-0.2, -0.15) is 0 Å². The van der Waals surface area contributed by atoms with Crippen molar-refractivity contribution in [2.75, 3.05) is 26.2 Å². The monoisotopic (exact) mass is 252 g/mol. The van der Waals surface area contributed by atoms with Crippen molar-refractivity contribution in [2.45, 2.75) is 52.4 Å². The van der Waals surface area contributed by atoms with Gasteiger partial charge in [0.2, 0.25) is 5.91 Å². The highest BCUT2D eigenvalue weighted by Crippen LogP contribution is 2.29. The van der Waals surface area contributed by atoms with Gasteiger partial charge in [0, 0.05) is 19.6 Å². The Morgan fingerprint density at radius 3 is 2.89 bits per heavy atom. The standard InChI is InChI=1S/C15H28N2O/c1-3-5-13-6-4-10-17(11-7-13)14(18)15(2)8-9-16-12-15/h13,16H,3-12H2,1-2H3. The number of carbonyl (C=O) groups is 1. The Hall–Kier alpha value is -0.570. The van der Waals surface area contributed by atoms with E-state index in [2.05, 4.69) is 24.1 Å². The van der Waals surface area contributed by atoms with Crippen molar-refractivity contribution in [3.63, 3.8) is 0 Å². The molecule has 2 rings (SSSR count). The topological polar surface area (TPSA) is 32.3 Å². The molecule has 0 aromatic heterocycles. The molecule has 104 valence electrons. The smallest absolute Gasteiger partial charge is 0.229 e. The number of hydrogen-bond acceptors (Lipinski definition) is 2. The molecule has 2 aliphatic heterocycles. The van der Waals surface area contributed by atoms with Crippen molar-refractivity contribution in [2.24, 2.45) is 11.3 Å². The lowest BCUT2D eigenvalue weighted by Gasteiger charge is -2.30. The van der Waals surface area contributed by atoms with Crippen LogP contribution in [0.25, 0.3) is 0 Å². The second-order valence-corrected chi connectivity index (χ2v) is 6.37. The highest BCUT2D eigenvalue weighted by atomic mass is 16.2. The maximum Gasteiger partial charge on any atom is 0.229 e. The number of hydrogen-bond donors (Lipinski definition) is 1. The highest BCUT2D eigenvalue weighted by Gasteiger charge is 2.39. The fourth-order valence-electron chi connectivity index (χ4n) is 3.45. The van der Waals surface area contributed by atoms with Crippen LogP contribution >= 0.6 is 0 Å². The van der Waals surface area contributed by atoms with E-state index in [0.717, 1.165) is 38.5 Å². The number of nitrogens with one attached hydrogen (secondary N) is 1. The van der Waals surface area contributed by atoms with E-state index in [9.17, 15) is 4.79 Å². The molecule has 2 atom stereocenters. The Bertz CT molecular complexity index is 284. The number of likely N-dealkylation sites (tertiary alicyclic amines) is 1. The molecule has 2 unspecified atom stereocenters. The van der Waals surface area contributed by atoms with Crippen molar-refractivity contribution in [1.29, 1.82) is 0 Å². The van der Waals surface area contributed by atoms with Crippen molar-refractivity contribution in [3.8, 4) is 0 Å². The molecular formula is C15H28N2O. The summed E-state index contributed by atoms with van der Waals surface area (Å²) >= 11 is 0. The van der Waals surface area contributed by atoms with E-state index in [0.29, 0.717) is 5.91 Å². The van der Waals surface area contributed by atoms with Gasteiger partial charge in [-0.05, 0) is 45.1 Å². The zero-order valence-electron chi connectivity index (χ0n) is 12.0. The van der Waals surface area contributed by atoms with Crippen molar-refractivity contribution in [3.05, 3.63) is 0 Å². The van der Waals surface area contributed by atoms with E-state index in [4.69, 9.17) is 0 Å². The lowest BCUT2D eigenvalue weighted by Crippen LogP contribution is -2.44. The summed E-state index contributed by atoms with van der Waals surface area (Å²) < 4.78 is 0. The first kappa shape index (κ1) is 13.9. The molecule has 0 saturated carbocycles. The van der Waals surface area contributed by atoms with Crippen LogP contribution in [0.3, 0.4) is 0 Å². The van der Waals surface area contributed by atoms with Gasteiger partial charge >= 0.3 is 0 Å². The Balaban J connectivity index is 1.91. The quantitative estimate of drug-likeness (QED) is 0.836. The number of nitrogens with zero attached hydrogens (tertiary/aromatic N) is 1. The summed E-state index contributed by atoms with van der Waals surface area (Å²) in [7, 11) is 0. The Morgan fingerprint density at radius 1 is 1.39 bits per heavy atom. The van der Waals surface area contributed by atoms with Crippen molar-refractivity contribution >= 4 is 5.91 Å². The molecule has 3 heteroatoms. The predicted octanol–water partition coefficient (Wildman–Crippen LogP) is 2.41. The van der Waals surface area contributed by atoms with E-state index in [1.54, 1.807) is 0 Å². The molecule has 18 heavy (non-hydrogen) atoms. The minimum atomic E-state index is -0.134. The Labute approximate surface area is 111 Å². The molecule has 2 fully saturated rings. The van der Waals surface area contributed by atoms with Gasteiger partial charge in [0.15, 0.2) is 0 Å². The van der Waals surface area contributed by atoms with Crippen LogP contribution in [0.2, 0.25) is 0 Å². The molecule has 1 amide bonds. The van der Waals surface area contributed by atoms with Crippen LogP contribution in [0.4, 0.5) is 0 Å². The number of rotatable bonds is 3. The molecule has 0 spiro atoms. The third-order valence-electron chi connectivity index (χ3n) is 4.72. The summed E-state index contributed by atoms with van der Waals surface area (Å²) in [5.74, 6) is 1.24. The number of carbonyl (C=O) groups excluding carboxylic acids is 1. The molecule has 2 aliphatic rings. The lowest BCUT2D eigenvalue weighted by molar-refractivity contribution is -0.140. The Morgan fingerprint density at radius 2 is 2.22 bits per heavy atom. The molecule has 3 nitrogen and oxygen atoms in total. The van der Waals surface area contributed by atoms with Gasteiger partial charge in [-0.25, -0.2) is 0 Å². The predicted molar refractivity (Wildman–Crippen MR) is 74.4 cm³/mol. The molecular weight excluding hydrogens is 224 g/mol.